The number of aliphatic hydroxyl groups excluding tert-OH is 1. The van der Waals surface area contributed by atoms with Crippen LogP contribution >= 0.6 is 15.9 Å². The van der Waals surface area contributed by atoms with E-state index in [1.807, 2.05) is 36.4 Å². The van der Waals surface area contributed by atoms with Crippen LogP contribution in [0.2, 0.25) is 0 Å². The van der Waals surface area contributed by atoms with Gasteiger partial charge < -0.3 is 19.7 Å². The number of rotatable bonds is 7. The number of halogens is 1. The predicted octanol–water partition coefficient (Wildman–Crippen LogP) is 5.00. The number of hydrogen-bond acceptors (Lipinski definition) is 5. The lowest BCUT2D eigenvalue weighted by atomic mass is 10.0. The van der Waals surface area contributed by atoms with E-state index in [0.717, 1.165) is 10.8 Å². The summed E-state index contributed by atoms with van der Waals surface area (Å²) in [6.07, 6.45) is -2.02. The van der Waals surface area contributed by atoms with Gasteiger partial charge in [0.1, 0.15) is 11.9 Å². The Morgan fingerprint density at radius 1 is 1.14 bits per heavy atom. The van der Waals surface area contributed by atoms with E-state index in [4.69, 9.17) is 9.47 Å². The molecule has 3 aromatic carbocycles. The highest BCUT2D eigenvalue weighted by Gasteiger charge is 2.29. The maximum atomic E-state index is 12.7. The number of amides is 1. The van der Waals surface area contributed by atoms with Crippen LogP contribution in [0.3, 0.4) is 0 Å². The highest BCUT2D eigenvalue weighted by atomic mass is 79.9. The summed E-state index contributed by atoms with van der Waals surface area (Å²) in [4.78, 5) is 12.7. The minimum absolute atomic E-state index is 0.0313. The molecule has 29 heavy (non-hydrogen) atoms. The van der Waals surface area contributed by atoms with E-state index in [2.05, 4.69) is 21.2 Å². The number of hydrogen-bond donors (Lipinski definition) is 3. The van der Waals surface area contributed by atoms with Crippen LogP contribution in [-0.4, -0.2) is 36.1 Å². The quantitative estimate of drug-likeness (QED) is 0.462. The van der Waals surface area contributed by atoms with E-state index in [9.17, 15) is 15.0 Å². The van der Waals surface area contributed by atoms with Crippen molar-refractivity contribution in [2.24, 2.45) is 0 Å². The summed E-state index contributed by atoms with van der Waals surface area (Å²) in [6, 6.07) is 18.1. The molecule has 3 aromatic rings. The van der Waals surface area contributed by atoms with Crippen molar-refractivity contribution in [2.45, 2.75) is 18.6 Å². The Labute approximate surface area is 177 Å². The summed E-state index contributed by atoms with van der Waals surface area (Å²) >= 11 is 3.36. The van der Waals surface area contributed by atoms with E-state index in [1.54, 1.807) is 18.2 Å². The number of aliphatic hydroxyl groups is 1. The first-order valence-corrected chi connectivity index (χ1v) is 9.90. The highest BCUT2D eigenvalue weighted by molar-refractivity contribution is 9.10. The number of nitrogens with one attached hydrogen (secondary N) is 1. The molecule has 2 atom stereocenters. The van der Waals surface area contributed by atoms with E-state index in [0.29, 0.717) is 15.7 Å². The number of phenols is 1. The molecule has 1 amide bonds. The summed E-state index contributed by atoms with van der Waals surface area (Å²) in [5.41, 5.74) is 0.995. The second kappa shape index (κ2) is 9.73. The van der Waals surface area contributed by atoms with Crippen molar-refractivity contribution >= 4 is 38.5 Å². The van der Waals surface area contributed by atoms with Crippen molar-refractivity contribution in [1.82, 2.24) is 0 Å². The van der Waals surface area contributed by atoms with Crippen molar-refractivity contribution in [3.63, 3.8) is 0 Å². The molecule has 0 aliphatic carbocycles. The minimum atomic E-state index is -0.917. The van der Waals surface area contributed by atoms with Crippen molar-refractivity contribution < 1.29 is 24.5 Å². The van der Waals surface area contributed by atoms with Gasteiger partial charge in [0.05, 0.1) is 5.69 Å². The molecular weight excluding hydrogens is 438 g/mol. The third-order valence-electron chi connectivity index (χ3n) is 4.61. The lowest BCUT2D eigenvalue weighted by Gasteiger charge is -2.27. The van der Waals surface area contributed by atoms with Crippen LogP contribution in [0.4, 0.5) is 10.5 Å². The van der Waals surface area contributed by atoms with Crippen molar-refractivity contribution in [3.05, 3.63) is 70.7 Å². The van der Waals surface area contributed by atoms with Crippen molar-refractivity contribution in [3.8, 4) is 5.75 Å². The maximum absolute atomic E-state index is 12.7. The summed E-state index contributed by atoms with van der Waals surface area (Å²) in [5.74, 6) is -0.0313. The number of anilines is 1. The number of phenolic OH excluding ortho intramolecular Hbond substituents is 1. The molecule has 6 nitrogen and oxygen atoms in total. The predicted molar refractivity (Wildman–Crippen MR) is 115 cm³/mol. The van der Waals surface area contributed by atoms with Gasteiger partial charge in [-0.2, -0.15) is 0 Å². The van der Waals surface area contributed by atoms with Crippen LogP contribution < -0.4 is 5.32 Å². The Morgan fingerprint density at radius 3 is 2.66 bits per heavy atom. The normalized spacial score (nSPS) is 13.1. The second-order valence-corrected chi connectivity index (χ2v) is 7.38. The third kappa shape index (κ3) is 5.06. The molecule has 0 fully saturated rings. The first kappa shape index (κ1) is 21.1. The Kier molecular flexibility index (Phi) is 7.09. The monoisotopic (exact) mass is 459 g/mol. The first-order valence-electron chi connectivity index (χ1n) is 9.11. The third-order valence-corrected chi connectivity index (χ3v) is 5.10. The van der Waals surface area contributed by atoms with Crippen molar-refractivity contribution in [1.29, 1.82) is 0 Å². The molecule has 7 heteroatoms. The van der Waals surface area contributed by atoms with Gasteiger partial charge in [-0.1, -0.05) is 52.3 Å². The van der Waals surface area contributed by atoms with Gasteiger partial charge in [0.15, 0.2) is 6.10 Å². The number of aromatic hydroxyl groups is 1. The Balaban J connectivity index is 1.88. The average molecular weight is 460 g/mol. The zero-order valence-electron chi connectivity index (χ0n) is 15.8. The molecule has 0 saturated heterocycles. The lowest BCUT2D eigenvalue weighted by molar-refractivity contribution is -0.0314. The second-order valence-electron chi connectivity index (χ2n) is 6.47. The largest absolute Gasteiger partial charge is 0.508 e. The van der Waals surface area contributed by atoms with Gasteiger partial charge in [-0.25, -0.2) is 4.79 Å². The van der Waals surface area contributed by atoms with Gasteiger partial charge in [-0.15, -0.1) is 0 Å². The summed E-state index contributed by atoms with van der Waals surface area (Å²) in [6.45, 7) is -0.155. The molecule has 3 N–H and O–H groups in total. The minimum Gasteiger partial charge on any atom is -0.508 e. The first-order chi connectivity index (χ1) is 14.0. The fraction of sp³-hybridized carbons (Fsp3) is 0.227. The van der Waals surface area contributed by atoms with Gasteiger partial charge in [-0.3, -0.25) is 5.32 Å². The van der Waals surface area contributed by atoms with E-state index in [-0.39, 0.29) is 18.8 Å². The Morgan fingerprint density at radius 2 is 1.90 bits per heavy atom. The highest BCUT2D eigenvalue weighted by Crippen LogP contribution is 2.34. The van der Waals surface area contributed by atoms with Crippen LogP contribution in [0, 0.1) is 0 Å². The van der Waals surface area contributed by atoms with Gasteiger partial charge in [-0.05, 0) is 29.7 Å². The van der Waals surface area contributed by atoms with Crippen LogP contribution in [0.15, 0.2) is 65.1 Å². The summed E-state index contributed by atoms with van der Waals surface area (Å²) in [7, 11) is 1.47. The molecule has 0 aromatic heterocycles. The van der Waals surface area contributed by atoms with E-state index < -0.39 is 18.3 Å². The number of methoxy groups -OCH3 is 1. The van der Waals surface area contributed by atoms with Gasteiger partial charge in [0, 0.05) is 35.6 Å². The Hall–Kier alpha value is -2.61. The molecule has 0 aliphatic rings. The summed E-state index contributed by atoms with van der Waals surface area (Å²) in [5, 5.41) is 24.3. The fourth-order valence-electron chi connectivity index (χ4n) is 3.20. The lowest BCUT2D eigenvalue weighted by Crippen LogP contribution is -2.29. The molecule has 3 rings (SSSR count). The molecular formula is C22H22BrNO5. The topological polar surface area (TPSA) is 88.0 Å². The van der Waals surface area contributed by atoms with Crippen molar-refractivity contribution in [2.75, 3.05) is 19.0 Å². The van der Waals surface area contributed by atoms with Crippen LogP contribution in [-0.2, 0) is 9.47 Å². The van der Waals surface area contributed by atoms with Gasteiger partial charge in [0.25, 0.3) is 0 Å². The maximum Gasteiger partial charge on any atom is 0.412 e. The molecule has 0 bridgehead atoms. The zero-order valence-corrected chi connectivity index (χ0v) is 17.4. The number of fused-ring (bicyclic) bond motifs is 1. The smallest absolute Gasteiger partial charge is 0.412 e. The molecule has 0 saturated carbocycles. The van der Waals surface area contributed by atoms with Gasteiger partial charge in [0.2, 0.25) is 0 Å². The molecule has 0 aliphatic heterocycles. The van der Waals surface area contributed by atoms with Crippen LogP contribution in [0.5, 0.6) is 5.75 Å². The summed E-state index contributed by atoms with van der Waals surface area (Å²) < 4.78 is 11.8. The van der Waals surface area contributed by atoms with Gasteiger partial charge >= 0.3 is 6.09 Å². The SMILES string of the molecule is CO[C@H](CCO)[C@H](OC(=O)Nc1cccc2ccccc12)c1cc(Br)ccc1O. The number of ether oxygens (including phenoxy) is 2. The number of carbonyl (C=O) groups excluding carboxylic acids is 1. The van der Waals surface area contributed by atoms with E-state index in [1.165, 1.54) is 13.2 Å². The number of carbonyl (C=O) groups is 1. The number of benzene rings is 3. The zero-order chi connectivity index (χ0) is 20.8. The van der Waals surface area contributed by atoms with Crippen LogP contribution in [0.25, 0.3) is 10.8 Å². The van der Waals surface area contributed by atoms with E-state index >= 15 is 0 Å². The van der Waals surface area contributed by atoms with Crippen LogP contribution in [0.1, 0.15) is 18.1 Å². The molecule has 0 spiro atoms. The fourth-order valence-corrected chi connectivity index (χ4v) is 3.58. The average Bonchev–Trinajstić information content (AvgIpc) is 2.73. The molecule has 152 valence electrons. The molecule has 0 radical (unpaired) electrons. The Bertz CT molecular complexity index is 989. The molecule has 0 unspecified atom stereocenters. The molecule has 0 heterocycles. The standard InChI is InChI=1S/C22H22BrNO5/c1-28-20(11-12-25)21(17-13-15(23)9-10-19(17)26)29-22(27)24-18-8-4-6-14-5-2-3-7-16(14)18/h2-10,13,20-21,25-26H,11-12H2,1H3,(H,24,27)/t20-,21-/m1/s1.